The molecule has 1 aliphatic heterocycles. The molecular formula is C15H21N3O2. The summed E-state index contributed by atoms with van der Waals surface area (Å²) >= 11 is 0. The van der Waals surface area contributed by atoms with Gasteiger partial charge in [0.25, 0.3) is 0 Å². The monoisotopic (exact) mass is 275 g/mol. The van der Waals surface area contributed by atoms with E-state index in [0.29, 0.717) is 32.0 Å². The smallest absolute Gasteiger partial charge is 0.223 e. The average Bonchev–Trinajstić information content (AvgIpc) is 3.01. The molecule has 0 unspecified atom stereocenters. The van der Waals surface area contributed by atoms with E-state index in [1.54, 1.807) is 18.6 Å². The van der Waals surface area contributed by atoms with E-state index in [1.165, 1.54) is 25.7 Å². The third-order valence-electron chi connectivity index (χ3n) is 4.27. The van der Waals surface area contributed by atoms with Crippen LogP contribution in [-0.2, 0) is 9.53 Å². The fourth-order valence-corrected chi connectivity index (χ4v) is 3.12. The van der Waals surface area contributed by atoms with Crippen LogP contribution in [0.5, 0.6) is 0 Å². The Bertz CT molecular complexity index is 446. The van der Waals surface area contributed by atoms with Crippen molar-refractivity contribution in [3.8, 4) is 0 Å². The van der Waals surface area contributed by atoms with Crippen LogP contribution in [0.4, 0.5) is 0 Å². The van der Waals surface area contributed by atoms with Gasteiger partial charge >= 0.3 is 0 Å². The zero-order valence-electron chi connectivity index (χ0n) is 11.7. The molecule has 5 nitrogen and oxygen atoms in total. The summed E-state index contributed by atoms with van der Waals surface area (Å²) in [5.41, 5.74) is 0.811. The van der Waals surface area contributed by atoms with Gasteiger partial charge < -0.3 is 9.64 Å². The number of carbonyl (C=O) groups is 1. The van der Waals surface area contributed by atoms with Crippen LogP contribution in [0.15, 0.2) is 18.6 Å². The van der Waals surface area contributed by atoms with Crippen molar-refractivity contribution in [2.24, 2.45) is 5.92 Å². The molecule has 5 heteroatoms. The predicted octanol–water partition coefficient (Wildman–Crippen LogP) is 1.96. The first-order valence-electron chi connectivity index (χ1n) is 7.48. The molecule has 0 spiro atoms. The van der Waals surface area contributed by atoms with E-state index in [4.69, 9.17) is 4.74 Å². The van der Waals surface area contributed by atoms with Gasteiger partial charge in [-0.1, -0.05) is 12.8 Å². The summed E-state index contributed by atoms with van der Waals surface area (Å²) in [5.74, 6) is 0.870. The van der Waals surface area contributed by atoms with Gasteiger partial charge in [-0.05, 0) is 18.8 Å². The fourth-order valence-electron chi connectivity index (χ4n) is 3.12. The number of hydrogen-bond acceptors (Lipinski definition) is 4. The summed E-state index contributed by atoms with van der Waals surface area (Å²) in [6, 6.07) is 0. The summed E-state index contributed by atoms with van der Waals surface area (Å²) in [6.45, 7) is 1.88. The third-order valence-corrected chi connectivity index (χ3v) is 4.27. The first-order chi connectivity index (χ1) is 9.83. The van der Waals surface area contributed by atoms with E-state index in [1.807, 2.05) is 4.90 Å². The molecular weight excluding hydrogens is 254 g/mol. The van der Waals surface area contributed by atoms with Gasteiger partial charge in [-0.2, -0.15) is 0 Å². The Morgan fingerprint density at radius 3 is 2.95 bits per heavy atom. The Hall–Kier alpha value is -1.49. The van der Waals surface area contributed by atoms with Crippen LogP contribution in [0.1, 0.15) is 43.9 Å². The summed E-state index contributed by atoms with van der Waals surface area (Å²) < 4.78 is 5.72. The van der Waals surface area contributed by atoms with Crippen molar-refractivity contribution in [3.63, 3.8) is 0 Å². The van der Waals surface area contributed by atoms with Crippen molar-refractivity contribution in [2.75, 3.05) is 19.7 Å². The molecule has 108 valence electrons. The van der Waals surface area contributed by atoms with E-state index in [2.05, 4.69) is 9.97 Å². The minimum absolute atomic E-state index is 0.134. The maximum atomic E-state index is 12.4. The predicted molar refractivity (Wildman–Crippen MR) is 73.9 cm³/mol. The van der Waals surface area contributed by atoms with E-state index in [-0.39, 0.29) is 12.0 Å². The average molecular weight is 275 g/mol. The molecule has 1 saturated heterocycles. The van der Waals surface area contributed by atoms with Gasteiger partial charge in [0.15, 0.2) is 0 Å². The van der Waals surface area contributed by atoms with E-state index in [9.17, 15) is 4.79 Å². The highest BCUT2D eigenvalue weighted by molar-refractivity contribution is 5.76. The molecule has 0 radical (unpaired) electrons. The highest BCUT2D eigenvalue weighted by atomic mass is 16.5. The number of hydrogen-bond donors (Lipinski definition) is 0. The quantitative estimate of drug-likeness (QED) is 0.846. The minimum atomic E-state index is -0.134. The summed E-state index contributed by atoms with van der Waals surface area (Å²) in [4.78, 5) is 22.6. The lowest BCUT2D eigenvalue weighted by Crippen LogP contribution is -2.42. The molecule has 3 rings (SSSR count). The van der Waals surface area contributed by atoms with Crippen LogP contribution in [-0.4, -0.2) is 40.5 Å². The maximum Gasteiger partial charge on any atom is 0.223 e. The molecule has 1 saturated carbocycles. The fraction of sp³-hybridized carbons (Fsp3) is 0.667. The third kappa shape index (κ3) is 3.15. The molecule has 2 fully saturated rings. The van der Waals surface area contributed by atoms with Crippen LogP contribution in [0, 0.1) is 5.92 Å². The van der Waals surface area contributed by atoms with E-state index in [0.717, 1.165) is 5.69 Å². The lowest BCUT2D eigenvalue weighted by atomic mass is 10.0. The Balaban J connectivity index is 1.58. The minimum Gasteiger partial charge on any atom is -0.368 e. The second kappa shape index (κ2) is 6.31. The molecule has 1 aromatic rings. The van der Waals surface area contributed by atoms with Gasteiger partial charge in [-0.3, -0.25) is 14.8 Å². The molecule has 1 aromatic heterocycles. The number of rotatable bonds is 3. The molecule has 1 atom stereocenters. The van der Waals surface area contributed by atoms with Gasteiger partial charge in [0, 0.05) is 25.4 Å². The van der Waals surface area contributed by atoms with E-state index < -0.39 is 0 Å². The molecule has 0 bridgehead atoms. The number of morpholine rings is 1. The Kier molecular flexibility index (Phi) is 4.25. The normalized spacial score (nSPS) is 24.0. The van der Waals surface area contributed by atoms with Crippen LogP contribution in [0.3, 0.4) is 0 Å². The number of carbonyl (C=O) groups excluding carboxylic acids is 1. The van der Waals surface area contributed by atoms with Crippen LogP contribution < -0.4 is 0 Å². The van der Waals surface area contributed by atoms with Gasteiger partial charge in [-0.15, -0.1) is 0 Å². The molecule has 1 aliphatic carbocycles. The zero-order chi connectivity index (χ0) is 13.8. The van der Waals surface area contributed by atoms with Crippen molar-refractivity contribution in [3.05, 3.63) is 24.3 Å². The van der Waals surface area contributed by atoms with Crippen molar-refractivity contribution in [1.82, 2.24) is 14.9 Å². The molecule has 0 aromatic carbocycles. The lowest BCUT2D eigenvalue weighted by Gasteiger charge is -2.33. The molecule has 0 N–H and O–H groups in total. The van der Waals surface area contributed by atoms with Crippen molar-refractivity contribution >= 4 is 5.91 Å². The Morgan fingerprint density at radius 1 is 1.35 bits per heavy atom. The number of nitrogens with zero attached hydrogens (tertiary/aromatic N) is 3. The summed E-state index contributed by atoms with van der Waals surface area (Å²) in [7, 11) is 0. The van der Waals surface area contributed by atoms with Gasteiger partial charge in [0.1, 0.15) is 6.10 Å². The number of amides is 1. The Labute approximate surface area is 119 Å². The lowest BCUT2D eigenvalue weighted by molar-refractivity contribution is -0.140. The second-order valence-corrected chi connectivity index (χ2v) is 5.68. The molecule has 20 heavy (non-hydrogen) atoms. The largest absolute Gasteiger partial charge is 0.368 e. The zero-order valence-corrected chi connectivity index (χ0v) is 11.7. The maximum absolute atomic E-state index is 12.4. The second-order valence-electron chi connectivity index (χ2n) is 5.68. The van der Waals surface area contributed by atoms with Gasteiger partial charge in [0.05, 0.1) is 25.0 Å². The highest BCUT2D eigenvalue weighted by Crippen LogP contribution is 2.29. The van der Waals surface area contributed by atoms with Crippen molar-refractivity contribution in [2.45, 2.75) is 38.2 Å². The summed E-state index contributed by atoms with van der Waals surface area (Å²) in [5, 5.41) is 0. The highest BCUT2D eigenvalue weighted by Gasteiger charge is 2.28. The number of aromatic nitrogens is 2. The standard InChI is InChI=1S/C15H21N3O2/c19-15(9-12-3-1-2-4-12)18-7-8-20-14(11-18)13-10-16-5-6-17-13/h5-6,10,12,14H,1-4,7-9,11H2/t14-/m1/s1. The van der Waals surface area contributed by atoms with E-state index >= 15 is 0 Å². The van der Waals surface area contributed by atoms with Crippen LogP contribution in [0.2, 0.25) is 0 Å². The van der Waals surface area contributed by atoms with Gasteiger partial charge in [-0.25, -0.2) is 0 Å². The van der Waals surface area contributed by atoms with Crippen molar-refractivity contribution < 1.29 is 9.53 Å². The van der Waals surface area contributed by atoms with Gasteiger partial charge in [0.2, 0.25) is 5.91 Å². The van der Waals surface area contributed by atoms with Crippen LogP contribution in [0.25, 0.3) is 0 Å². The number of ether oxygens (including phenoxy) is 1. The Morgan fingerprint density at radius 2 is 2.20 bits per heavy atom. The summed E-state index contributed by atoms with van der Waals surface area (Å²) in [6.07, 6.45) is 10.6. The first-order valence-corrected chi connectivity index (χ1v) is 7.48. The topological polar surface area (TPSA) is 55.3 Å². The molecule has 1 amide bonds. The molecule has 2 aliphatic rings. The first kappa shape index (κ1) is 13.5. The molecule has 2 heterocycles. The van der Waals surface area contributed by atoms with Crippen LogP contribution >= 0.6 is 0 Å². The van der Waals surface area contributed by atoms with Crippen molar-refractivity contribution in [1.29, 1.82) is 0 Å². The SMILES string of the molecule is O=C(CC1CCCC1)N1CCO[C@@H](c2cnccn2)C1.